The van der Waals surface area contributed by atoms with E-state index >= 15 is 0 Å². The summed E-state index contributed by atoms with van der Waals surface area (Å²) in [5.74, 6) is -0.361. The lowest BCUT2D eigenvalue weighted by atomic mass is 10.2. The predicted molar refractivity (Wildman–Crippen MR) is 63.0 cm³/mol. The number of hydrogen-bond acceptors (Lipinski definition) is 4. The SMILES string of the molecule is CC(CS(C)(=O)=O)NC(=O)COC(C)(C)C. The summed E-state index contributed by atoms with van der Waals surface area (Å²) in [6.45, 7) is 7.13. The zero-order valence-corrected chi connectivity index (χ0v) is 11.3. The highest BCUT2D eigenvalue weighted by Crippen LogP contribution is 2.05. The highest BCUT2D eigenvalue weighted by molar-refractivity contribution is 7.90. The summed E-state index contributed by atoms with van der Waals surface area (Å²) < 4.78 is 27.2. The van der Waals surface area contributed by atoms with Crippen LogP contribution in [0.2, 0.25) is 0 Å². The zero-order valence-electron chi connectivity index (χ0n) is 10.5. The molecule has 16 heavy (non-hydrogen) atoms. The maximum Gasteiger partial charge on any atom is 0.246 e. The van der Waals surface area contributed by atoms with Crippen LogP contribution >= 0.6 is 0 Å². The Balaban J connectivity index is 3.97. The lowest BCUT2D eigenvalue weighted by Gasteiger charge is -2.20. The smallest absolute Gasteiger partial charge is 0.246 e. The Morgan fingerprint density at radius 3 is 2.25 bits per heavy atom. The first-order chi connectivity index (χ1) is 6.99. The van der Waals surface area contributed by atoms with Crippen molar-refractivity contribution in [2.24, 2.45) is 0 Å². The summed E-state index contributed by atoms with van der Waals surface area (Å²) in [6, 6.07) is -0.397. The predicted octanol–water partition coefficient (Wildman–Crippen LogP) is 0.351. The topological polar surface area (TPSA) is 72.5 Å². The molecule has 1 atom stereocenters. The highest BCUT2D eigenvalue weighted by Gasteiger charge is 2.16. The van der Waals surface area contributed by atoms with Crippen LogP contribution in [-0.4, -0.2) is 44.6 Å². The molecule has 0 rings (SSSR count). The molecule has 96 valence electrons. The van der Waals surface area contributed by atoms with Gasteiger partial charge >= 0.3 is 0 Å². The maximum absolute atomic E-state index is 11.4. The van der Waals surface area contributed by atoms with E-state index < -0.39 is 15.9 Å². The van der Waals surface area contributed by atoms with Crippen molar-refractivity contribution >= 4 is 15.7 Å². The van der Waals surface area contributed by atoms with Gasteiger partial charge < -0.3 is 10.1 Å². The second-order valence-electron chi connectivity index (χ2n) is 4.96. The fraction of sp³-hybridized carbons (Fsp3) is 0.900. The number of carbonyl (C=O) groups is 1. The van der Waals surface area contributed by atoms with Gasteiger partial charge in [0.05, 0.1) is 11.4 Å². The minimum absolute atomic E-state index is 0.0579. The molecule has 0 aromatic carbocycles. The Morgan fingerprint density at radius 1 is 1.38 bits per heavy atom. The van der Waals surface area contributed by atoms with E-state index in [2.05, 4.69) is 5.32 Å². The van der Waals surface area contributed by atoms with Gasteiger partial charge in [-0.25, -0.2) is 8.42 Å². The molecule has 0 radical (unpaired) electrons. The average molecular weight is 251 g/mol. The van der Waals surface area contributed by atoms with Crippen LogP contribution in [0.5, 0.6) is 0 Å². The van der Waals surface area contributed by atoms with Crippen LogP contribution in [0.1, 0.15) is 27.7 Å². The minimum Gasteiger partial charge on any atom is -0.366 e. The van der Waals surface area contributed by atoms with Gasteiger partial charge in [-0.2, -0.15) is 0 Å². The van der Waals surface area contributed by atoms with Crippen molar-refractivity contribution in [3.63, 3.8) is 0 Å². The molecule has 6 heteroatoms. The molecule has 1 N–H and O–H groups in total. The first-order valence-electron chi connectivity index (χ1n) is 5.11. The van der Waals surface area contributed by atoms with Crippen LogP contribution in [0, 0.1) is 0 Å². The second kappa shape index (κ2) is 5.63. The van der Waals surface area contributed by atoms with Crippen molar-refractivity contribution in [2.45, 2.75) is 39.3 Å². The summed E-state index contributed by atoms with van der Waals surface area (Å²) in [6.07, 6.45) is 1.14. The van der Waals surface area contributed by atoms with E-state index in [-0.39, 0.29) is 23.9 Å². The van der Waals surface area contributed by atoms with Gasteiger partial charge in [0.1, 0.15) is 16.4 Å². The van der Waals surface area contributed by atoms with Gasteiger partial charge in [0.25, 0.3) is 0 Å². The first kappa shape index (κ1) is 15.4. The Labute approximate surface area is 97.5 Å². The molecule has 0 aliphatic heterocycles. The summed E-state index contributed by atoms with van der Waals surface area (Å²) in [4.78, 5) is 11.4. The van der Waals surface area contributed by atoms with Crippen molar-refractivity contribution in [1.82, 2.24) is 5.32 Å². The Hall–Kier alpha value is -0.620. The molecular weight excluding hydrogens is 230 g/mol. The molecule has 0 aliphatic rings. The van der Waals surface area contributed by atoms with Gasteiger partial charge in [-0.3, -0.25) is 4.79 Å². The van der Waals surface area contributed by atoms with Crippen molar-refractivity contribution in [3.05, 3.63) is 0 Å². The van der Waals surface area contributed by atoms with Crippen LogP contribution in [-0.2, 0) is 19.4 Å². The lowest BCUT2D eigenvalue weighted by molar-refractivity contribution is -0.131. The highest BCUT2D eigenvalue weighted by atomic mass is 32.2. The van der Waals surface area contributed by atoms with Crippen LogP contribution in [0.4, 0.5) is 0 Å². The third-order valence-corrected chi connectivity index (χ3v) is 2.70. The molecule has 1 amide bonds. The summed E-state index contributed by atoms with van der Waals surface area (Å²) in [7, 11) is -3.07. The number of carbonyl (C=O) groups excluding carboxylic acids is 1. The van der Waals surface area contributed by atoms with Gasteiger partial charge in [0.15, 0.2) is 0 Å². The molecule has 0 aliphatic carbocycles. The van der Waals surface area contributed by atoms with E-state index in [1.807, 2.05) is 20.8 Å². The summed E-state index contributed by atoms with van der Waals surface area (Å²) in [5, 5.41) is 2.57. The first-order valence-corrected chi connectivity index (χ1v) is 7.17. The van der Waals surface area contributed by atoms with Crippen LogP contribution in [0.25, 0.3) is 0 Å². The molecule has 0 bridgehead atoms. The Bertz CT molecular complexity index is 329. The number of hydrogen-bond donors (Lipinski definition) is 1. The number of amides is 1. The number of rotatable bonds is 5. The molecule has 0 fully saturated rings. The van der Waals surface area contributed by atoms with Crippen LogP contribution in [0.15, 0.2) is 0 Å². The third-order valence-electron chi connectivity index (χ3n) is 1.60. The fourth-order valence-corrected chi connectivity index (χ4v) is 2.09. The molecule has 0 heterocycles. The molecule has 0 saturated heterocycles. The van der Waals surface area contributed by atoms with E-state index in [0.29, 0.717) is 0 Å². The quantitative estimate of drug-likeness (QED) is 0.765. The van der Waals surface area contributed by atoms with Crippen molar-refractivity contribution < 1.29 is 17.9 Å². The lowest BCUT2D eigenvalue weighted by Crippen LogP contribution is -2.40. The van der Waals surface area contributed by atoms with Gasteiger partial charge in [-0.05, 0) is 27.7 Å². The Kier molecular flexibility index (Phi) is 5.41. The number of nitrogens with one attached hydrogen (secondary N) is 1. The average Bonchev–Trinajstić information content (AvgIpc) is 1.95. The molecular formula is C10H21NO4S. The van der Waals surface area contributed by atoms with Gasteiger partial charge in [0, 0.05) is 12.3 Å². The third kappa shape index (κ3) is 9.92. The maximum atomic E-state index is 11.4. The van der Waals surface area contributed by atoms with Gasteiger partial charge in [-0.1, -0.05) is 0 Å². The van der Waals surface area contributed by atoms with E-state index in [9.17, 15) is 13.2 Å². The van der Waals surface area contributed by atoms with Crippen molar-refractivity contribution in [3.8, 4) is 0 Å². The van der Waals surface area contributed by atoms with Crippen LogP contribution < -0.4 is 5.32 Å². The summed E-state index contributed by atoms with van der Waals surface area (Å²) in [5.41, 5.74) is -0.378. The molecule has 0 saturated carbocycles. The number of ether oxygens (including phenoxy) is 1. The monoisotopic (exact) mass is 251 g/mol. The molecule has 0 spiro atoms. The van der Waals surface area contributed by atoms with E-state index in [1.165, 1.54) is 0 Å². The van der Waals surface area contributed by atoms with Crippen molar-refractivity contribution in [2.75, 3.05) is 18.6 Å². The largest absolute Gasteiger partial charge is 0.366 e. The fourth-order valence-electron chi connectivity index (χ4n) is 1.09. The number of sulfone groups is 1. The van der Waals surface area contributed by atoms with Gasteiger partial charge in [0.2, 0.25) is 5.91 Å². The van der Waals surface area contributed by atoms with E-state index in [0.717, 1.165) is 6.26 Å². The zero-order chi connectivity index (χ0) is 13.0. The Morgan fingerprint density at radius 2 is 1.88 bits per heavy atom. The van der Waals surface area contributed by atoms with Crippen molar-refractivity contribution in [1.29, 1.82) is 0 Å². The summed E-state index contributed by atoms with van der Waals surface area (Å²) >= 11 is 0. The normalized spacial score (nSPS) is 14.6. The van der Waals surface area contributed by atoms with Gasteiger partial charge in [-0.15, -0.1) is 0 Å². The van der Waals surface area contributed by atoms with Crippen LogP contribution in [0.3, 0.4) is 0 Å². The molecule has 0 aromatic heterocycles. The standard InChI is InChI=1S/C10H21NO4S/c1-8(7-16(5,13)14)11-9(12)6-15-10(2,3)4/h8H,6-7H2,1-5H3,(H,11,12). The minimum atomic E-state index is -3.07. The molecule has 1 unspecified atom stereocenters. The van der Waals surface area contributed by atoms with E-state index in [4.69, 9.17) is 4.74 Å². The molecule has 0 aromatic rings. The second-order valence-corrected chi connectivity index (χ2v) is 7.15. The van der Waals surface area contributed by atoms with E-state index in [1.54, 1.807) is 6.92 Å². The molecule has 5 nitrogen and oxygen atoms in total.